The number of H-pyrrole nitrogens is 1. The van der Waals surface area contributed by atoms with E-state index in [1.165, 1.54) is 11.8 Å². The maximum absolute atomic E-state index is 11.6. The van der Waals surface area contributed by atoms with Crippen molar-refractivity contribution < 1.29 is 14.1 Å². The molecule has 7 heteroatoms. The second kappa shape index (κ2) is 7.30. The van der Waals surface area contributed by atoms with Gasteiger partial charge in [-0.05, 0) is 55.6 Å². The van der Waals surface area contributed by atoms with Gasteiger partial charge in [0.05, 0.1) is 11.2 Å². The number of aromatic amines is 1. The Hall–Kier alpha value is -1.83. The van der Waals surface area contributed by atoms with Crippen LogP contribution in [-0.2, 0) is 14.1 Å². The number of thioether (sulfide) groups is 1. The van der Waals surface area contributed by atoms with Gasteiger partial charge in [0.15, 0.2) is 5.12 Å². The molecule has 1 fully saturated rings. The van der Waals surface area contributed by atoms with Crippen LogP contribution >= 0.6 is 11.8 Å². The lowest BCUT2D eigenvalue weighted by molar-refractivity contribution is -0.109. The highest BCUT2D eigenvalue weighted by Gasteiger charge is 2.52. The molecule has 0 unspecified atom stereocenters. The molecule has 1 saturated heterocycles. The topological polar surface area (TPSA) is 68.4 Å². The normalized spacial score (nSPS) is 18.9. The lowest BCUT2D eigenvalue weighted by Gasteiger charge is -2.32. The zero-order valence-corrected chi connectivity index (χ0v) is 17.1. The van der Waals surface area contributed by atoms with Crippen LogP contribution in [-0.4, -0.2) is 34.2 Å². The number of rotatable bonds is 4. The smallest absolute Gasteiger partial charge is 0.400 e. The second-order valence-corrected chi connectivity index (χ2v) is 8.93. The van der Waals surface area contributed by atoms with Gasteiger partial charge in [-0.2, -0.15) is 0 Å². The van der Waals surface area contributed by atoms with E-state index < -0.39 is 18.3 Å². The van der Waals surface area contributed by atoms with Crippen molar-refractivity contribution in [1.29, 1.82) is 0 Å². The number of carbonyl (C=O) groups excluding carboxylic acids is 1. The van der Waals surface area contributed by atoms with Gasteiger partial charge in [0.1, 0.15) is 0 Å². The average Bonchev–Trinajstić information content (AvgIpc) is 2.78. The van der Waals surface area contributed by atoms with Crippen molar-refractivity contribution in [3.05, 3.63) is 51.9 Å². The Kier molecular flexibility index (Phi) is 5.39. The van der Waals surface area contributed by atoms with Crippen LogP contribution in [0, 0.1) is 0 Å². The lowest BCUT2D eigenvalue weighted by atomic mass is 9.78. The minimum Gasteiger partial charge on any atom is -0.400 e. The molecule has 0 amide bonds. The Morgan fingerprint density at radius 3 is 2.44 bits per heavy atom. The van der Waals surface area contributed by atoms with E-state index in [-0.39, 0.29) is 10.7 Å². The molecule has 5 nitrogen and oxygen atoms in total. The summed E-state index contributed by atoms with van der Waals surface area (Å²) in [5, 5.41) is 1.87. The van der Waals surface area contributed by atoms with E-state index >= 15 is 0 Å². The first-order valence-corrected chi connectivity index (χ1v) is 9.88. The van der Waals surface area contributed by atoms with Crippen LogP contribution in [0.4, 0.5) is 0 Å². The molecule has 1 aliphatic heterocycles. The molecule has 1 aliphatic rings. The van der Waals surface area contributed by atoms with Crippen molar-refractivity contribution in [2.24, 2.45) is 0 Å². The van der Waals surface area contributed by atoms with Crippen LogP contribution in [0.5, 0.6) is 0 Å². The SMILES string of the molecule is CC(=O)SCC(=Cc1ccc2c[nH]c(=O)cc2c1)B1OC(C)(C)C(C)(C)O1. The molecule has 3 rings (SSSR count). The van der Waals surface area contributed by atoms with Crippen molar-refractivity contribution in [2.45, 2.75) is 45.8 Å². The van der Waals surface area contributed by atoms with E-state index in [9.17, 15) is 9.59 Å². The first kappa shape index (κ1) is 19.9. The van der Waals surface area contributed by atoms with E-state index in [4.69, 9.17) is 9.31 Å². The summed E-state index contributed by atoms with van der Waals surface area (Å²) in [6, 6.07) is 7.46. The highest BCUT2D eigenvalue weighted by molar-refractivity contribution is 8.13. The van der Waals surface area contributed by atoms with E-state index in [2.05, 4.69) is 4.98 Å². The van der Waals surface area contributed by atoms with Crippen molar-refractivity contribution in [1.82, 2.24) is 4.98 Å². The number of hydrogen-bond acceptors (Lipinski definition) is 5. The number of hydrogen-bond donors (Lipinski definition) is 1. The van der Waals surface area contributed by atoms with Gasteiger partial charge >= 0.3 is 7.12 Å². The molecule has 1 aromatic carbocycles. The standard InChI is InChI=1S/C20H24BNO4S/c1-13(23)27-12-17(21-25-19(2,3)20(4,5)26-21)9-14-6-7-15-11-22-18(24)10-16(15)8-14/h6-11H,12H2,1-5H3,(H,22,24). The molecule has 2 aromatic rings. The Labute approximate surface area is 163 Å². The molecule has 27 heavy (non-hydrogen) atoms. The van der Waals surface area contributed by atoms with Gasteiger partial charge in [0.2, 0.25) is 5.56 Å². The number of carbonyl (C=O) groups is 1. The van der Waals surface area contributed by atoms with Crippen molar-refractivity contribution in [3.8, 4) is 0 Å². The van der Waals surface area contributed by atoms with Crippen molar-refractivity contribution in [3.63, 3.8) is 0 Å². The maximum Gasteiger partial charge on any atom is 0.491 e. The quantitative estimate of drug-likeness (QED) is 0.811. The molecule has 2 heterocycles. The van der Waals surface area contributed by atoms with Gasteiger partial charge in [-0.1, -0.05) is 30.0 Å². The molecule has 0 aliphatic carbocycles. The molecule has 0 radical (unpaired) electrons. The summed E-state index contributed by atoms with van der Waals surface area (Å²) in [5.41, 5.74) is 0.782. The van der Waals surface area contributed by atoms with Crippen LogP contribution < -0.4 is 5.56 Å². The summed E-state index contributed by atoms with van der Waals surface area (Å²) in [6.07, 6.45) is 3.69. The van der Waals surface area contributed by atoms with Crippen molar-refractivity contribution >= 4 is 40.8 Å². The molecule has 0 atom stereocenters. The van der Waals surface area contributed by atoms with Crippen LogP contribution in [0.15, 0.2) is 40.7 Å². The number of pyridine rings is 1. The van der Waals surface area contributed by atoms with Gasteiger partial charge < -0.3 is 14.3 Å². The fourth-order valence-electron chi connectivity index (χ4n) is 2.84. The molecular formula is C20H24BNO4S. The third kappa shape index (κ3) is 4.37. The summed E-state index contributed by atoms with van der Waals surface area (Å²) < 4.78 is 12.3. The Morgan fingerprint density at radius 1 is 1.15 bits per heavy atom. The van der Waals surface area contributed by atoms with E-state index in [1.807, 2.05) is 52.0 Å². The predicted octanol–water partition coefficient (Wildman–Crippen LogP) is 3.82. The number of benzene rings is 1. The van der Waals surface area contributed by atoms with Gasteiger partial charge in [-0.3, -0.25) is 9.59 Å². The molecule has 1 N–H and O–H groups in total. The van der Waals surface area contributed by atoms with Crippen LogP contribution in [0.2, 0.25) is 0 Å². The van der Waals surface area contributed by atoms with Crippen molar-refractivity contribution in [2.75, 3.05) is 5.75 Å². The summed E-state index contributed by atoms with van der Waals surface area (Å²) in [5.74, 6) is 0.486. The Bertz CT molecular complexity index is 948. The predicted molar refractivity (Wildman–Crippen MR) is 112 cm³/mol. The summed E-state index contributed by atoms with van der Waals surface area (Å²) in [4.78, 5) is 25.8. The molecule has 1 aromatic heterocycles. The zero-order chi connectivity index (χ0) is 19.8. The van der Waals surface area contributed by atoms with E-state index in [0.717, 1.165) is 21.8 Å². The number of fused-ring (bicyclic) bond motifs is 1. The Morgan fingerprint density at radius 2 is 1.81 bits per heavy atom. The Balaban J connectivity index is 1.98. The van der Waals surface area contributed by atoms with Crippen LogP contribution in [0.1, 0.15) is 40.2 Å². The third-order valence-electron chi connectivity index (χ3n) is 5.12. The highest BCUT2D eigenvalue weighted by Crippen LogP contribution is 2.39. The third-order valence-corrected chi connectivity index (χ3v) is 6.00. The van der Waals surface area contributed by atoms with Crippen LogP contribution in [0.25, 0.3) is 16.8 Å². The summed E-state index contributed by atoms with van der Waals surface area (Å²) in [7, 11) is -0.517. The minimum absolute atomic E-state index is 0.0439. The molecule has 0 spiro atoms. The zero-order valence-electron chi connectivity index (χ0n) is 16.3. The largest absolute Gasteiger partial charge is 0.491 e. The first-order chi connectivity index (χ1) is 12.6. The van der Waals surface area contributed by atoms with Gasteiger partial charge in [-0.25, -0.2) is 0 Å². The van der Waals surface area contributed by atoms with Crippen LogP contribution in [0.3, 0.4) is 0 Å². The maximum atomic E-state index is 11.6. The second-order valence-electron chi connectivity index (χ2n) is 7.77. The van der Waals surface area contributed by atoms with E-state index in [0.29, 0.717) is 5.75 Å². The lowest BCUT2D eigenvalue weighted by Crippen LogP contribution is -2.41. The monoisotopic (exact) mass is 385 g/mol. The summed E-state index contributed by atoms with van der Waals surface area (Å²) in [6.45, 7) is 9.57. The average molecular weight is 385 g/mol. The van der Waals surface area contributed by atoms with E-state index in [1.54, 1.807) is 19.2 Å². The summed E-state index contributed by atoms with van der Waals surface area (Å²) >= 11 is 1.23. The fraction of sp³-hybridized carbons (Fsp3) is 0.400. The number of nitrogens with one attached hydrogen (secondary N) is 1. The molecule has 0 saturated carbocycles. The fourth-order valence-corrected chi connectivity index (χ4v) is 3.43. The molecule has 142 valence electrons. The molecule has 0 bridgehead atoms. The van der Waals surface area contributed by atoms with Gasteiger partial charge in [0, 0.05) is 24.9 Å². The highest BCUT2D eigenvalue weighted by atomic mass is 32.2. The first-order valence-electron chi connectivity index (χ1n) is 8.89. The molecular weight excluding hydrogens is 361 g/mol. The number of aromatic nitrogens is 1. The van der Waals surface area contributed by atoms with Gasteiger partial charge in [-0.15, -0.1) is 0 Å². The van der Waals surface area contributed by atoms with Gasteiger partial charge in [0.25, 0.3) is 0 Å². The minimum atomic E-state index is -0.517.